The number of hydrogen-bond donors (Lipinski definition) is 0. The van der Waals surface area contributed by atoms with Crippen LogP contribution in [0.25, 0.3) is 0 Å². The van der Waals surface area contributed by atoms with E-state index >= 15 is 0 Å². The van der Waals surface area contributed by atoms with Crippen molar-refractivity contribution in [2.75, 3.05) is 0 Å². The number of rotatable bonds is 3. The Morgan fingerprint density at radius 2 is 1.71 bits per heavy atom. The van der Waals surface area contributed by atoms with Crippen LogP contribution in [0.5, 0.6) is 0 Å². The third-order valence-electron chi connectivity index (χ3n) is 2.73. The summed E-state index contributed by atoms with van der Waals surface area (Å²) >= 11 is 0. The van der Waals surface area contributed by atoms with E-state index in [2.05, 4.69) is 0 Å². The molecule has 0 N–H and O–H groups in total. The lowest BCUT2D eigenvalue weighted by atomic mass is 10.1. The fourth-order valence-corrected chi connectivity index (χ4v) is 1.66. The quantitative estimate of drug-likeness (QED) is 0.627. The van der Waals surface area contributed by atoms with Gasteiger partial charge in [-0.3, -0.25) is 0 Å². The van der Waals surface area contributed by atoms with Gasteiger partial charge in [-0.25, -0.2) is 9.18 Å². The van der Waals surface area contributed by atoms with Crippen LogP contribution >= 0.6 is 0 Å². The van der Waals surface area contributed by atoms with E-state index in [9.17, 15) is 22.4 Å². The van der Waals surface area contributed by atoms with Gasteiger partial charge in [-0.2, -0.15) is 13.2 Å². The Morgan fingerprint density at radius 3 is 2.33 bits per heavy atom. The van der Waals surface area contributed by atoms with Crippen LogP contribution in [-0.4, -0.2) is 5.97 Å². The lowest BCUT2D eigenvalue weighted by molar-refractivity contribution is -0.137. The molecule has 0 aliphatic heterocycles. The minimum Gasteiger partial charge on any atom is -0.457 e. The summed E-state index contributed by atoms with van der Waals surface area (Å²) in [4.78, 5) is 11.7. The van der Waals surface area contributed by atoms with Gasteiger partial charge in [-0.1, -0.05) is 30.3 Å². The fraction of sp³-hybridized carbons (Fsp3) is 0.133. The smallest absolute Gasteiger partial charge is 0.416 e. The molecule has 110 valence electrons. The average Bonchev–Trinajstić information content (AvgIpc) is 2.45. The molecule has 0 heterocycles. The molecule has 0 bridgehead atoms. The minimum atomic E-state index is -4.65. The Balaban J connectivity index is 2.15. The molecule has 0 unspecified atom stereocenters. The van der Waals surface area contributed by atoms with Crippen molar-refractivity contribution in [3.05, 3.63) is 71.0 Å². The topological polar surface area (TPSA) is 26.3 Å². The number of alkyl halides is 3. The summed E-state index contributed by atoms with van der Waals surface area (Å²) in [5, 5.41) is 0. The number of carbonyl (C=O) groups is 1. The lowest BCUT2D eigenvalue weighted by Gasteiger charge is -2.10. The summed E-state index contributed by atoms with van der Waals surface area (Å²) in [6.07, 6.45) is -4.65. The largest absolute Gasteiger partial charge is 0.457 e. The van der Waals surface area contributed by atoms with Gasteiger partial charge in [-0.15, -0.1) is 0 Å². The highest BCUT2D eigenvalue weighted by atomic mass is 19.4. The van der Waals surface area contributed by atoms with E-state index < -0.39 is 29.1 Å². The van der Waals surface area contributed by atoms with Crippen molar-refractivity contribution in [1.29, 1.82) is 0 Å². The molecule has 0 spiro atoms. The van der Waals surface area contributed by atoms with E-state index in [1.807, 2.05) is 0 Å². The Hall–Kier alpha value is -2.37. The first-order valence-electron chi connectivity index (χ1n) is 5.96. The van der Waals surface area contributed by atoms with Gasteiger partial charge in [0.1, 0.15) is 12.4 Å². The Morgan fingerprint density at radius 1 is 1.05 bits per heavy atom. The van der Waals surface area contributed by atoms with Crippen LogP contribution < -0.4 is 0 Å². The highest BCUT2D eigenvalue weighted by molar-refractivity contribution is 5.90. The van der Waals surface area contributed by atoms with E-state index in [4.69, 9.17) is 4.74 Å². The second-order valence-electron chi connectivity index (χ2n) is 4.25. The van der Waals surface area contributed by atoms with Crippen molar-refractivity contribution in [2.24, 2.45) is 0 Å². The number of ether oxygens (including phenoxy) is 1. The van der Waals surface area contributed by atoms with Crippen LogP contribution in [0.15, 0.2) is 48.5 Å². The van der Waals surface area contributed by atoms with Crippen LogP contribution in [0, 0.1) is 5.82 Å². The Kier molecular flexibility index (Phi) is 4.26. The molecule has 0 aliphatic carbocycles. The van der Waals surface area contributed by atoms with Gasteiger partial charge in [0.05, 0.1) is 11.1 Å². The van der Waals surface area contributed by atoms with Gasteiger partial charge in [0.15, 0.2) is 0 Å². The number of esters is 1. The second kappa shape index (κ2) is 5.95. The highest BCUT2D eigenvalue weighted by Crippen LogP contribution is 2.30. The van der Waals surface area contributed by atoms with E-state index in [1.54, 1.807) is 30.3 Å². The Bertz CT molecular complexity index is 636. The van der Waals surface area contributed by atoms with E-state index in [-0.39, 0.29) is 6.61 Å². The molecular weight excluding hydrogens is 288 g/mol. The van der Waals surface area contributed by atoms with E-state index in [0.29, 0.717) is 23.8 Å². The first-order valence-corrected chi connectivity index (χ1v) is 5.96. The van der Waals surface area contributed by atoms with Crippen LogP contribution in [0.4, 0.5) is 17.6 Å². The summed E-state index contributed by atoms with van der Waals surface area (Å²) in [6, 6.07) is 10.2. The number of halogens is 4. The maximum Gasteiger partial charge on any atom is 0.416 e. The molecule has 21 heavy (non-hydrogen) atoms. The monoisotopic (exact) mass is 298 g/mol. The third kappa shape index (κ3) is 3.81. The Labute approximate surface area is 118 Å². The zero-order valence-corrected chi connectivity index (χ0v) is 10.7. The van der Waals surface area contributed by atoms with Gasteiger partial charge in [0, 0.05) is 0 Å². The molecule has 0 saturated heterocycles. The van der Waals surface area contributed by atoms with Crippen LogP contribution in [0.3, 0.4) is 0 Å². The summed E-state index contributed by atoms with van der Waals surface area (Å²) in [5.41, 5.74) is -1.19. The van der Waals surface area contributed by atoms with Crippen molar-refractivity contribution in [1.82, 2.24) is 0 Å². The van der Waals surface area contributed by atoms with Crippen molar-refractivity contribution < 1.29 is 27.1 Å². The zero-order chi connectivity index (χ0) is 15.5. The number of carbonyl (C=O) groups excluding carboxylic acids is 1. The lowest BCUT2D eigenvalue weighted by Crippen LogP contribution is -2.11. The SMILES string of the molecule is O=C(OCc1ccccc1)c1cc(C(F)(F)F)ccc1F. The van der Waals surface area contributed by atoms with Gasteiger partial charge >= 0.3 is 12.1 Å². The maximum absolute atomic E-state index is 13.5. The van der Waals surface area contributed by atoms with Crippen LogP contribution in [0.1, 0.15) is 21.5 Å². The zero-order valence-electron chi connectivity index (χ0n) is 10.7. The molecule has 0 saturated carbocycles. The second-order valence-corrected chi connectivity index (χ2v) is 4.25. The van der Waals surface area contributed by atoms with Crippen molar-refractivity contribution in [3.63, 3.8) is 0 Å². The molecule has 0 atom stereocenters. The molecular formula is C15H10F4O2. The molecule has 0 aliphatic rings. The van der Waals surface area contributed by atoms with Gasteiger partial charge < -0.3 is 4.74 Å². The molecule has 2 aromatic rings. The first kappa shape index (κ1) is 15.0. The summed E-state index contributed by atoms with van der Waals surface area (Å²) in [6.45, 7) is -0.143. The average molecular weight is 298 g/mol. The molecule has 0 aromatic heterocycles. The van der Waals surface area contributed by atoms with Crippen molar-refractivity contribution in [3.8, 4) is 0 Å². The van der Waals surface area contributed by atoms with Crippen LogP contribution in [0.2, 0.25) is 0 Å². The standard InChI is InChI=1S/C15H10F4O2/c16-13-7-6-11(15(17,18)19)8-12(13)14(20)21-9-10-4-2-1-3-5-10/h1-8H,9H2. The number of benzene rings is 2. The van der Waals surface area contributed by atoms with Gasteiger partial charge in [0.25, 0.3) is 0 Å². The predicted molar refractivity (Wildman–Crippen MR) is 67.0 cm³/mol. The normalized spacial score (nSPS) is 11.2. The minimum absolute atomic E-state index is 0.143. The molecule has 6 heteroatoms. The molecule has 0 radical (unpaired) electrons. The highest BCUT2D eigenvalue weighted by Gasteiger charge is 2.32. The summed E-state index contributed by atoms with van der Waals surface area (Å²) in [5.74, 6) is -2.19. The number of hydrogen-bond acceptors (Lipinski definition) is 2. The van der Waals surface area contributed by atoms with Crippen LogP contribution in [-0.2, 0) is 17.5 Å². The molecule has 2 aromatic carbocycles. The van der Waals surface area contributed by atoms with Gasteiger partial charge in [-0.05, 0) is 23.8 Å². The van der Waals surface area contributed by atoms with Crippen molar-refractivity contribution in [2.45, 2.75) is 12.8 Å². The summed E-state index contributed by atoms with van der Waals surface area (Å²) in [7, 11) is 0. The van der Waals surface area contributed by atoms with E-state index in [0.717, 1.165) is 0 Å². The molecule has 2 nitrogen and oxygen atoms in total. The molecule has 0 fully saturated rings. The fourth-order valence-electron chi connectivity index (χ4n) is 1.66. The van der Waals surface area contributed by atoms with Crippen molar-refractivity contribution >= 4 is 5.97 Å². The summed E-state index contributed by atoms with van der Waals surface area (Å²) < 4.78 is 55.9. The first-order chi connectivity index (χ1) is 9.88. The van der Waals surface area contributed by atoms with Gasteiger partial charge in [0.2, 0.25) is 0 Å². The molecule has 0 amide bonds. The van der Waals surface area contributed by atoms with E-state index in [1.165, 1.54) is 0 Å². The third-order valence-corrected chi connectivity index (χ3v) is 2.73. The maximum atomic E-state index is 13.5. The predicted octanol–water partition coefficient (Wildman–Crippen LogP) is 4.20. The molecule has 2 rings (SSSR count).